The van der Waals surface area contributed by atoms with E-state index in [0.717, 1.165) is 11.1 Å². The second kappa shape index (κ2) is 8.35. The molecule has 0 aliphatic carbocycles. The Morgan fingerprint density at radius 1 is 1.00 bits per heavy atom. The summed E-state index contributed by atoms with van der Waals surface area (Å²) < 4.78 is 16.9. The molecule has 0 unspecified atom stereocenters. The van der Waals surface area contributed by atoms with Crippen molar-refractivity contribution in [2.75, 3.05) is 19.8 Å². The molecule has 0 bridgehead atoms. The van der Waals surface area contributed by atoms with E-state index in [0.29, 0.717) is 36.3 Å². The average Bonchev–Trinajstić information content (AvgIpc) is 2.70. The number of nitrogens with zero attached hydrogens (tertiary/aromatic N) is 2. The molecule has 0 saturated carbocycles. The van der Waals surface area contributed by atoms with Crippen LogP contribution in [0.25, 0.3) is 0 Å². The fourth-order valence-electron chi connectivity index (χ4n) is 2.57. The zero-order valence-corrected chi connectivity index (χ0v) is 15.1. The number of carboxylic acid groups (broad SMARTS) is 1. The number of hydrogen-bond donors (Lipinski definition) is 1. The Morgan fingerprint density at radius 3 is 2.26 bits per heavy atom. The van der Waals surface area contributed by atoms with Gasteiger partial charge >= 0.3 is 5.97 Å². The molecule has 1 N–H and O–H groups in total. The third-order valence-corrected chi connectivity index (χ3v) is 3.86. The third kappa shape index (κ3) is 4.25. The molecule has 0 atom stereocenters. The third-order valence-electron chi connectivity index (χ3n) is 3.86. The van der Waals surface area contributed by atoms with Crippen LogP contribution in [-0.2, 0) is 4.74 Å². The van der Waals surface area contributed by atoms with Crippen LogP contribution < -0.4 is 9.47 Å². The Morgan fingerprint density at radius 2 is 1.67 bits per heavy atom. The number of ether oxygens (including phenoxy) is 3. The molecule has 0 radical (unpaired) electrons. The summed E-state index contributed by atoms with van der Waals surface area (Å²) in [5.74, 6) is 0.721. The molecule has 0 amide bonds. The first-order chi connectivity index (χ1) is 13.1. The lowest BCUT2D eigenvalue weighted by atomic mass is 10.1. The predicted octanol–water partition coefficient (Wildman–Crippen LogP) is 3.36. The van der Waals surface area contributed by atoms with Crippen molar-refractivity contribution < 1.29 is 24.1 Å². The van der Waals surface area contributed by atoms with Gasteiger partial charge < -0.3 is 19.3 Å². The van der Waals surface area contributed by atoms with Crippen molar-refractivity contribution in [2.24, 2.45) is 10.2 Å². The van der Waals surface area contributed by atoms with Gasteiger partial charge in [0, 0.05) is 11.1 Å². The van der Waals surface area contributed by atoms with Crippen molar-refractivity contribution in [1.29, 1.82) is 0 Å². The van der Waals surface area contributed by atoms with Gasteiger partial charge in [0.15, 0.2) is 11.5 Å². The predicted molar refractivity (Wildman–Crippen MR) is 101 cm³/mol. The van der Waals surface area contributed by atoms with E-state index in [-0.39, 0.29) is 12.2 Å². The van der Waals surface area contributed by atoms with Crippen molar-refractivity contribution >= 4 is 17.6 Å². The van der Waals surface area contributed by atoms with Gasteiger partial charge in [-0.2, -0.15) is 0 Å². The van der Waals surface area contributed by atoms with Crippen LogP contribution in [0.4, 0.5) is 0 Å². The van der Waals surface area contributed by atoms with Crippen molar-refractivity contribution in [3.05, 3.63) is 59.2 Å². The van der Waals surface area contributed by atoms with E-state index in [1.165, 1.54) is 12.1 Å². The second-order valence-electron chi connectivity index (χ2n) is 5.65. The molecule has 27 heavy (non-hydrogen) atoms. The normalized spacial score (nSPS) is 13.3. The monoisotopic (exact) mass is 368 g/mol. The van der Waals surface area contributed by atoms with E-state index in [1.54, 1.807) is 12.1 Å². The van der Waals surface area contributed by atoms with Crippen LogP contribution in [0.15, 0.2) is 52.7 Å². The molecule has 2 aromatic carbocycles. The Balaban J connectivity index is 1.83. The van der Waals surface area contributed by atoms with Crippen LogP contribution in [0.1, 0.15) is 35.3 Å². The van der Waals surface area contributed by atoms with E-state index < -0.39 is 5.97 Å². The van der Waals surface area contributed by atoms with Gasteiger partial charge in [0.1, 0.15) is 12.3 Å². The van der Waals surface area contributed by atoms with E-state index in [9.17, 15) is 4.79 Å². The molecule has 7 nitrogen and oxygen atoms in total. The zero-order valence-electron chi connectivity index (χ0n) is 15.1. The number of rotatable bonds is 7. The van der Waals surface area contributed by atoms with E-state index >= 15 is 0 Å². The summed E-state index contributed by atoms with van der Waals surface area (Å²) in [7, 11) is 0. The van der Waals surface area contributed by atoms with E-state index in [4.69, 9.17) is 19.3 Å². The highest BCUT2D eigenvalue weighted by atomic mass is 16.5. The van der Waals surface area contributed by atoms with Crippen molar-refractivity contribution in [2.45, 2.75) is 13.8 Å². The van der Waals surface area contributed by atoms with Gasteiger partial charge in [0.05, 0.1) is 18.8 Å². The van der Waals surface area contributed by atoms with Crippen molar-refractivity contribution in [3.8, 4) is 11.5 Å². The molecule has 1 aliphatic heterocycles. The van der Waals surface area contributed by atoms with Crippen LogP contribution in [0.5, 0.6) is 11.5 Å². The molecule has 1 aliphatic rings. The number of aromatic carboxylic acids is 1. The first kappa shape index (κ1) is 18.4. The number of benzene rings is 2. The molecular weight excluding hydrogens is 348 g/mol. The van der Waals surface area contributed by atoms with Crippen LogP contribution in [-0.4, -0.2) is 42.5 Å². The lowest BCUT2D eigenvalue weighted by Crippen LogP contribution is -2.20. The van der Waals surface area contributed by atoms with Gasteiger partial charge in [0.25, 0.3) is 0 Å². The van der Waals surface area contributed by atoms with E-state index in [1.807, 2.05) is 32.0 Å². The first-order valence-corrected chi connectivity index (χ1v) is 8.63. The van der Waals surface area contributed by atoms with Crippen LogP contribution in [0.3, 0.4) is 0 Å². The summed E-state index contributed by atoms with van der Waals surface area (Å²) in [6, 6.07) is 11.9. The van der Waals surface area contributed by atoms with Crippen LogP contribution in [0, 0.1) is 0 Å². The minimum absolute atomic E-state index is 0.220. The SMILES string of the molecule is CCOc1ccc(C2=NN=C(c3ccc(C(=O)O)cc3)CO2)cc1OCC. The van der Waals surface area contributed by atoms with E-state index in [2.05, 4.69) is 10.2 Å². The second-order valence-corrected chi connectivity index (χ2v) is 5.65. The van der Waals surface area contributed by atoms with Gasteiger partial charge in [0.2, 0.25) is 5.90 Å². The molecule has 7 heteroatoms. The summed E-state index contributed by atoms with van der Waals surface area (Å²) in [5, 5.41) is 17.4. The molecule has 2 aromatic rings. The molecule has 3 rings (SSSR count). The summed E-state index contributed by atoms with van der Waals surface area (Å²) in [6.07, 6.45) is 0. The molecule has 140 valence electrons. The highest BCUT2D eigenvalue weighted by molar-refractivity contribution is 6.06. The van der Waals surface area contributed by atoms with Gasteiger partial charge in [-0.05, 0) is 44.2 Å². The van der Waals surface area contributed by atoms with Gasteiger partial charge in [-0.3, -0.25) is 0 Å². The molecule has 0 spiro atoms. The Labute approximate surface area is 156 Å². The molecule has 0 fully saturated rings. The number of carboxylic acids is 1. The molecule has 1 heterocycles. The smallest absolute Gasteiger partial charge is 0.335 e. The van der Waals surface area contributed by atoms with Gasteiger partial charge in [-0.1, -0.05) is 12.1 Å². The fraction of sp³-hybridized carbons (Fsp3) is 0.250. The maximum Gasteiger partial charge on any atom is 0.335 e. The summed E-state index contributed by atoms with van der Waals surface area (Å²) in [4.78, 5) is 10.9. The lowest BCUT2D eigenvalue weighted by molar-refractivity contribution is 0.0697. The molecular formula is C20H20N2O5. The highest BCUT2D eigenvalue weighted by Gasteiger charge is 2.17. The van der Waals surface area contributed by atoms with Crippen LogP contribution >= 0.6 is 0 Å². The van der Waals surface area contributed by atoms with Crippen molar-refractivity contribution in [1.82, 2.24) is 0 Å². The minimum Gasteiger partial charge on any atom is -0.490 e. The summed E-state index contributed by atoms with van der Waals surface area (Å²) >= 11 is 0. The van der Waals surface area contributed by atoms with Crippen LogP contribution in [0.2, 0.25) is 0 Å². The fourth-order valence-corrected chi connectivity index (χ4v) is 2.57. The zero-order chi connectivity index (χ0) is 19.2. The molecule has 0 saturated heterocycles. The Kier molecular flexibility index (Phi) is 5.71. The average molecular weight is 368 g/mol. The minimum atomic E-state index is -0.968. The van der Waals surface area contributed by atoms with Crippen molar-refractivity contribution in [3.63, 3.8) is 0 Å². The van der Waals surface area contributed by atoms with Gasteiger partial charge in [-0.25, -0.2) is 4.79 Å². The maximum absolute atomic E-state index is 10.9. The quantitative estimate of drug-likeness (QED) is 0.809. The lowest BCUT2D eigenvalue weighted by Gasteiger charge is -2.16. The molecule has 0 aromatic heterocycles. The highest BCUT2D eigenvalue weighted by Crippen LogP contribution is 2.29. The Hall–Kier alpha value is -3.35. The first-order valence-electron chi connectivity index (χ1n) is 8.63. The standard InChI is InChI=1S/C20H20N2O5/c1-3-25-17-10-9-15(11-18(17)26-4-2)19-22-21-16(12-27-19)13-5-7-14(8-6-13)20(23)24/h5-11H,3-4,12H2,1-2H3,(H,23,24). The van der Waals surface area contributed by atoms with Gasteiger partial charge in [-0.15, -0.1) is 10.2 Å². The summed E-state index contributed by atoms with van der Waals surface area (Å²) in [6.45, 7) is 5.12. The summed E-state index contributed by atoms with van der Waals surface area (Å²) in [5.41, 5.74) is 2.36. The number of hydrogen-bond acceptors (Lipinski definition) is 6. The Bertz CT molecular complexity index is 888. The number of carbonyl (C=O) groups is 1. The largest absolute Gasteiger partial charge is 0.490 e. The topological polar surface area (TPSA) is 89.7 Å². The maximum atomic E-state index is 10.9.